The molecule has 2 aliphatic rings. The average molecular weight is 438 g/mol. The summed E-state index contributed by atoms with van der Waals surface area (Å²) in [5.41, 5.74) is 7.20. The number of benzene rings is 1. The lowest BCUT2D eigenvalue weighted by Crippen LogP contribution is -2.62. The molecule has 1 spiro atoms. The zero-order valence-corrected chi connectivity index (χ0v) is 18.9. The number of para-hydroxylation sites is 2. The van der Waals surface area contributed by atoms with Gasteiger partial charge in [-0.1, -0.05) is 12.1 Å². The molecule has 3 heterocycles. The molecule has 1 aromatic carbocycles. The van der Waals surface area contributed by atoms with Gasteiger partial charge in [-0.05, 0) is 57.9 Å². The van der Waals surface area contributed by atoms with Gasteiger partial charge >= 0.3 is 6.09 Å². The van der Waals surface area contributed by atoms with Gasteiger partial charge in [-0.3, -0.25) is 4.79 Å². The number of carbonyl (C=O) groups excluding carboxylic acids is 2. The van der Waals surface area contributed by atoms with Crippen LogP contribution in [-0.4, -0.2) is 53.7 Å². The third-order valence-corrected chi connectivity index (χ3v) is 6.07. The predicted octanol–water partition coefficient (Wildman–Crippen LogP) is 3.75. The standard InChI is InChI=1S/C24H31N5O3/c1-23(2,3)32-22(31)29-15-24(16-29)10-12-28(13-11-24)20-9-8-17(14-26-20)21(30)27-19-7-5-4-6-18(19)25/h4-9,14H,10-13,15-16,25H2,1-3H3,(H,27,30). The Balaban J connectivity index is 1.29. The Kier molecular flexibility index (Phi) is 5.71. The van der Waals surface area contributed by atoms with Crippen molar-refractivity contribution in [3.05, 3.63) is 48.2 Å². The van der Waals surface area contributed by atoms with Crippen LogP contribution in [0.4, 0.5) is 22.0 Å². The minimum absolute atomic E-state index is 0.183. The summed E-state index contributed by atoms with van der Waals surface area (Å²) in [6.07, 6.45) is 3.38. The fraction of sp³-hybridized carbons (Fsp3) is 0.458. The number of likely N-dealkylation sites (tertiary alicyclic amines) is 1. The van der Waals surface area contributed by atoms with Gasteiger partial charge in [-0.2, -0.15) is 0 Å². The van der Waals surface area contributed by atoms with Crippen LogP contribution >= 0.6 is 0 Å². The lowest BCUT2D eigenvalue weighted by atomic mass is 9.72. The molecule has 2 aliphatic heterocycles. The smallest absolute Gasteiger partial charge is 0.410 e. The number of hydrogen-bond donors (Lipinski definition) is 2. The lowest BCUT2D eigenvalue weighted by molar-refractivity contribution is -0.0434. The highest BCUT2D eigenvalue weighted by molar-refractivity contribution is 6.05. The quantitative estimate of drug-likeness (QED) is 0.709. The molecule has 4 rings (SSSR count). The van der Waals surface area contributed by atoms with Gasteiger partial charge in [0.1, 0.15) is 11.4 Å². The van der Waals surface area contributed by atoms with Crippen molar-refractivity contribution in [1.29, 1.82) is 0 Å². The molecule has 0 unspecified atom stereocenters. The monoisotopic (exact) mass is 437 g/mol. The van der Waals surface area contributed by atoms with Crippen molar-refractivity contribution in [3.8, 4) is 0 Å². The molecule has 2 saturated heterocycles. The number of anilines is 3. The number of rotatable bonds is 3. The number of nitrogens with two attached hydrogens (primary N) is 1. The Hall–Kier alpha value is -3.29. The number of nitrogen functional groups attached to an aromatic ring is 1. The third kappa shape index (κ3) is 4.79. The number of piperidine rings is 1. The summed E-state index contributed by atoms with van der Waals surface area (Å²) in [6, 6.07) is 10.8. The summed E-state index contributed by atoms with van der Waals surface area (Å²) in [4.78, 5) is 33.3. The minimum atomic E-state index is -0.467. The number of hydrogen-bond acceptors (Lipinski definition) is 6. The second-order valence-corrected chi connectivity index (χ2v) is 9.77. The molecule has 1 aromatic heterocycles. The molecular weight excluding hydrogens is 406 g/mol. The summed E-state index contributed by atoms with van der Waals surface area (Å²) >= 11 is 0. The maximum atomic E-state index is 12.5. The molecule has 3 N–H and O–H groups in total. The molecule has 0 radical (unpaired) electrons. The molecule has 8 nitrogen and oxygen atoms in total. The first kappa shape index (κ1) is 21.9. The van der Waals surface area contributed by atoms with Gasteiger partial charge < -0.3 is 25.6 Å². The number of carbonyl (C=O) groups is 2. The summed E-state index contributed by atoms with van der Waals surface area (Å²) in [5.74, 6) is 0.621. The first-order chi connectivity index (χ1) is 15.1. The van der Waals surface area contributed by atoms with Crippen LogP contribution < -0.4 is 16.0 Å². The maximum Gasteiger partial charge on any atom is 0.410 e. The van der Waals surface area contributed by atoms with Crippen molar-refractivity contribution in [1.82, 2.24) is 9.88 Å². The van der Waals surface area contributed by atoms with E-state index < -0.39 is 5.60 Å². The minimum Gasteiger partial charge on any atom is -0.444 e. The highest BCUT2D eigenvalue weighted by Gasteiger charge is 2.47. The molecule has 2 aromatic rings. The maximum absolute atomic E-state index is 12.5. The van der Waals surface area contributed by atoms with E-state index in [1.54, 1.807) is 29.3 Å². The van der Waals surface area contributed by atoms with E-state index in [-0.39, 0.29) is 17.4 Å². The van der Waals surface area contributed by atoms with Gasteiger partial charge in [0, 0.05) is 37.8 Å². The largest absolute Gasteiger partial charge is 0.444 e. The fourth-order valence-electron chi connectivity index (χ4n) is 4.26. The lowest BCUT2D eigenvalue weighted by Gasteiger charge is -2.53. The molecule has 0 saturated carbocycles. The first-order valence-corrected chi connectivity index (χ1v) is 11.0. The molecule has 0 aliphatic carbocycles. The van der Waals surface area contributed by atoms with E-state index in [1.807, 2.05) is 39.0 Å². The molecule has 2 fully saturated rings. The predicted molar refractivity (Wildman–Crippen MR) is 125 cm³/mol. The van der Waals surface area contributed by atoms with Crippen LogP contribution in [0.5, 0.6) is 0 Å². The highest BCUT2D eigenvalue weighted by atomic mass is 16.6. The van der Waals surface area contributed by atoms with Crippen LogP contribution in [0.15, 0.2) is 42.6 Å². The van der Waals surface area contributed by atoms with Crippen LogP contribution in [-0.2, 0) is 4.74 Å². The number of amides is 2. The topological polar surface area (TPSA) is 101 Å². The highest BCUT2D eigenvalue weighted by Crippen LogP contribution is 2.41. The van der Waals surface area contributed by atoms with E-state index >= 15 is 0 Å². The number of nitrogens with zero attached hydrogens (tertiary/aromatic N) is 3. The van der Waals surface area contributed by atoms with Crippen molar-refractivity contribution in [3.63, 3.8) is 0 Å². The van der Waals surface area contributed by atoms with Gasteiger partial charge in [0.15, 0.2) is 0 Å². The number of ether oxygens (including phenoxy) is 1. The van der Waals surface area contributed by atoms with Crippen molar-refractivity contribution >= 4 is 29.2 Å². The second-order valence-electron chi connectivity index (χ2n) is 9.77. The van der Waals surface area contributed by atoms with Gasteiger partial charge in [-0.15, -0.1) is 0 Å². The number of pyridine rings is 1. The molecule has 170 valence electrons. The summed E-state index contributed by atoms with van der Waals surface area (Å²) < 4.78 is 5.47. The zero-order chi connectivity index (χ0) is 22.9. The van der Waals surface area contributed by atoms with Gasteiger partial charge in [0.2, 0.25) is 0 Å². The SMILES string of the molecule is CC(C)(C)OC(=O)N1CC2(CCN(c3ccc(C(=O)Nc4ccccc4N)cn3)CC2)C1. The van der Waals surface area contributed by atoms with Gasteiger partial charge in [-0.25, -0.2) is 9.78 Å². The van der Waals surface area contributed by atoms with E-state index in [0.29, 0.717) is 16.9 Å². The first-order valence-electron chi connectivity index (χ1n) is 11.0. The summed E-state index contributed by atoms with van der Waals surface area (Å²) in [5, 5.41) is 2.82. The van der Waals surface area contributed by atoms with Crippen LogP contribution in [0.25, 0.3) is 0 Å². The van der Waals surface area contributed by atoms with Crippen LogP contribution in [0.2, 0.25) is 0 Å². The Morgan fingerprint density at radius 2 is 1.78 bits per heavy atom. The Morgan fingerprint density at radius 3 is 2.38 bits per heavy atom. The molecule has 0 bridgehead atoms. The molecular formula is C24H31N5O3. The van der Waals surface area contributed by atoms with Crippen molar-refractivity contribution < 1.29 is 14.3 Å². The Morgan fingerprint density at radius 1 is 1.09 bits per heavy atom. The van der Waals surface area contributed by atoms with E-state index in [9.17, 15) is 9.59 Å². The van der Waals surface area contributed by atoms with Crippen molar-refractivity contribution in [2.24, 2.45) is 5.41 Å². The van der Waals surface area contributed by atoms with Gasteiger partial charge in [0.05, 0.1) is 16.9 Å². The van der Waals surface area contributed by atoms with E-state index in [2.05, 4.69) is 15.2 Å². The van der Waals surface area contributed by atoms with Crippen LogP contribution in [0, 0.1) is 5.41 Å². The normalized spacial score (nSPS) is 17.6. The fourth-order valence-corrected chi connectivity index (χ4v) is 4.26. The van der Waals surface area contributed by atoms with Crippen molar-refractivity contribution in [2.45, 2.75) is 39.2 Å². The number of nitrogens with one attached hydrogen (secondary N) is 1. The van der Waals surface area contributed by atoms with E-state index in [4.69, 9.17) is 10.5 Å². The van der Waals surface area contributed by atoms with Gasteiger partial charge in [0.25, 0.3) is 5.91 Å². The molecule has 2 amide bonds. The third-order valence-electron chi connectivity index (χ3n) is 6.07. The van der Waals surface area contributed by atoms with E-state index in [0.717, 1.165) is 44.8 Å². The zero-order valence-electron chi connectivity index (χ0n) is 18.9. The second kappa shape index (κ2) is 8.33. The molecule has 8 heteroatoms. The Bertz CT molecular complexity index is 983. The average Bonchev–Trinajstić information content (AvgIpc) is 2.72. The van der Waals surface area contributed by atoms with Crippen LogP contribution in [0.1, 0.15) is 44.0 Å². The number of aromatic nitrogens is 1. The molecule has 0 atom stereocenters. The Labute approximate surface area is 188 Å². The van der Waals surface area contributed by atoms with Crippen molar-refractivity contribution in [2.75, 3.05) is 42.1 Å². The molecule has 32 heavy (non-hydrogen) atoms. The van der Waals surface area contributed by atoms with E-state index in [1.165, 1.54) is 0 Å². The summed E-state index contributed by atoms with van der Waals surface area (Å²) in [6.45, 7) is 8.92. The van der Waals surface area contributed by atoms with Crippen LogP contribution in [0.3, 0.4) is 0 Å². The summed E-state index contributed by atoms with van der Waals surface area (Å²) in [7, 11) is 0.